The monoisotopic (exact) mass is 688 g/mol. The van der Waals surface area contributed by atoms with E-state index in [1.165, 1.54) is 13.4 Å². The molecule has 3 heterocycles. The van der Waals surface area contributed by atoms with E-state index in [1.54, 1.807) is 40.6 Å². The summed E-state index contributed by atoms with van der Waals surface area (Å²) in [5, 5.41) is 12.5. The third-order valence-corrected chi connectivity index (χ3v) is 7.98. The van der Waals surface area contributed by atoms with Crippen molar-refractivity contribution in [3.05, 3.63) is 91.0 Å². The lowest BCUT2D eigenvalue weighted by Crippen LogP contribution is -1.98. The number of methoxy groups -OCH3 is 5. The Bertz CT molecular complexity index is 2260. The molecule has 3 aromatic heterocycles. The van der Waals surface area contributed by atoms with Gasteiger partial charge in [0, 0.05) is 39.9 Å². The van der Waals surface area contributed by atoms with Gasteiger partial charge in [-0.25, -0.2) is 9.97 Å². The molecule has 7 rings (SSSR count). The molecular formula is C37H32N6O8. The van der Waals surface area contributed by atoms with Crippen LogP contribution in [0.25, 0.3) is 44.9 Å². The number of aromatic nitrogens is 5. The van der Waals surface area contributed by atoms with Crippen LogP contribution in [-0.2, 0) is 6.61 Å². The standard InChI is InChI=1S/C37H32N6O8/c1-44-30-16-26-28(18-31(30)45-2)38-20-39-36(26)40-24-10-6-22(7-11-24)29-17-27(42-50-29)21-8-12-25(13-9-21)49-19-34-41-37(51-43-34)23-14-32(46-3)35(48-5)33(15-23)47-4/h6-18,20H,19H2,1-5H3,(H,38,39,40). The van der Waals surface area contributed by atoms with Gasteiger partial charge >= 0.3 is 0 Å². The van der Waals surface area contributed by atoms with Gasteiger partial charge in [-0.2, -0.15) is 4.98 Å². The lowest BCUT2D eigenvalue weighted by molar-refractivity contribution is 0.287. The Morgan fingerprint density at radius 3 is 2.00 bits per heavy atom. The summed E-state index contributed by atoms with van der Waals surface area (Å²) in [6.07, 6.45) is 1.50. The van der Waals surface area contributed by atoms with E-state index in [4.69, 9.17) is 37.5 Å². The first-order valence-corrected chi connectivity index (χ1v) is 15.6. The largest absolute Gasteiger partial charge is 0.493 e. The van der Waals surface area contributed by atoms with Gasteiger partial charge in [0.2, 0.25) is 11.6 Å². The van der Waals surface area contributed by atoms with Crippen LogP contribution in [0.4, 0.5) is 11.5 Å². The molecule has 0 atom stereocenters. The molecule has 0 bridgehead atoms. The smallest absolute Gasteiger partial charge is 0.258 e. The predicted octanol–water partition coefficient (Wildman–Crippen LogP) is 7.37. The SMILES string of the molecule is COc1cc2ncnc(Nc3ccc(-c4cc(-c5ccc(OCc6noc(-c7cc(OC)c(OC)c(OC)c7)n6)cc5)no4)cc3)c2cc1OC. The van der Waals surface area contributed by atoms with Gasteiger partial charge < -0.3 is 42.8 Å². The number of rotatable bonds is 13. The van der Waals surface area contributed by atoms with Crippen LogP contribution in [0.5, 0.6) is 34.5 Å². The molecule has 1 N–H and O–H groups in total. The van der Waals surface area contributed by atoms with Gasteiger partial charge in [-0.15, -0.1) is 0 Å². The summed E-state index contributed by atoms with van der Waals surface area (Å²) in [5.74, 6) is 5.16. The highest BCUT2D eigenvalue weighted by Gasteiger charge is 2.18. The lowest BCUT2D eigenvalue weighted by Gasteiger charge is -2.12. The second-order valence-corrected chi connectivity index (χ2v) is 11.0. The number of fused-ring (bicyclic) bond motifs is 1. The van der Waals surface area contributed by atoms with Crippen LogP contribution in [0.15, 0.2) is 94.2 Å². The highest BCUT2D eigenvalue weighted by molar-refractivity contribution is 5.93. The van der Waals surface area contributed by atoms with Crippen molar-refractivity contribution in [2.45, 2.75) is 6.61 Å². The quantitative estimate of drug-likeness (QED) is 0.128. The minimum atomic E-state index is 0.0998. The molecule has 258 valence electrons. The van der Waals surface area contributed by atoms with Crippen LogP contribution < -0.4 is 33.7 Å². The molecule has 0 fully saturated rings. The molecule has 14 nitrogen and oxygen atoms in total. The Balaban J connectivity index is 0.987. The second-order valence-electron chi connectivity index (χ2n) is 11.0. The van der Waals surface area contributed by atoms with Crippen LogP contribution >= 0.6 is 0 Å². The average Bonchev–Trinajstić information content (AvgIpc) is 3.87. The summed E-state index contributed by atoms with van der Waals surface area (Å²) in [6, 6.07) is 24.3. The summed E-state index contributed by atoms with van der Waals surface area (Å²) in [4.78, 5) is 13.3. The maximum atomic E-state index is 5.91. The Morgan fingerprint density at radius 1 is 0.627 bits per heavy atom. The zero-order valence-electron chi connectivity index (χ0n) is 28.3. The van der Waals surface area contributed by atoms with Gasteiger partial charge in [-0.3, -0.25) is 0 Å². The lowest BCUT2D eigenvalue weighted by atomic mass is 10.1. The number of hydrogen-bond acceptors (Lipinski definition) is 14. The first kappa shape index (κ1) is 32.7. The molecule has 0 aliphatic rings. The van der Waals surface area contributed by atoms with Gasteiger partial charge in [-0.1, -0.05) is 10.3 Å². The minimum Gasteiger partial charge on any atom is -0.493 e. The number of anilines is 2. The van der Waals surface area contributed by atoms with Gasteiger partial charge in [0.1, 0.15) is 23.6 Å². The summed E-state index contributed by atoms with van der Waals surface area (Å²) in [6.45, 7) is 0.0998. The molecular weight excluding hydrogens is 656 g/mol. The zero-order valence-corrected chi connectivity index (χ0v) is 28.3. The fraction of sp³-hybridized carbons (Fsp3) is 0.162. The minimum absolute atomic E-state index is 0.0998. The molecule has 0 aliphatic carbocycles. The number of benzene rings is 4. The highest BCUT2D eigenvalue weighted by atomic mass is 16.5. The second kappa shape index (κ2) is 14.3. The predicted molar refractivity (Wildman–Crippen MR) is 187 cm³/mol. The Hall–Kier alpha value is -6.83. The summed E-state index contributed by atoms with van der Waals surface area (Å²) in [7, 11) is 7.80. The summed E-state index contributed by atoms with van der Waals surface area (Å²) in [5.41, 5.74) is 4.59. The van der Waals surface area contributed by atoms with Crippen LogP contribution in [0.3, 0.4) is 0 Å². The maximum absolute atomic E-state index is 5.91. The van der Waals surface area contributed by atoms with Crippen molar-refractivity contribution < 1.29 is 37.5 Å². The van der Waals surface area contributed by atoms with E-state index in [0.29, 0.717) is 63.2 Å². The Morgan fingerprint density at radius 2 is 1.31 bits per heavy atom. The van der Waals surface area contributed by atoms with Gasteiger partial charge in [0.15, 0.2) is 35.4 Å². The Kier molecular flexibility index (Phi) is 9.20. The molecule has 14 heteroatoms. The molecule has 7 aromatic rings. The zero-order chi connectivity index (χ0) is 35.3. The number of ether oxygens (including phenoxy) is 6. The molecule has 0 amide bonds. The highest BCUT2D eigenvalue weighted by Crippen LogP contribution is 2.41. The molecule has 0 spiro atoms. The number of nitrogens with zero attached hydrogens (tertiary/aromatic N) is 5. The normalized spacial score (nSPS) is 10.9. The third kappa shape index (κ3) is 6.74. The molecule has 4 aromatic carbocycles. The van der Waals surface area contributed by atoms with Crippen molar-refractivity contribution in [2.75, 3.05) is 40.9 Å². The van der Waals surface area contributed by atoms with E-state index in [9.17, 15) is 0 Å². The van der Waals surface area contributed by atoms with Crippen molar-refractivity contribution in [1.29, 1.82) is 0 Å². The van der Waals surface area contributed by atoms with Crippen LogP contribution in [0, 0.1) is 0 Å². The molecule has 0 unspecified atom stereocenters. The Labute approximate surface area is 291 Å². The number of hydrogen-bond donors (Lipinski definition) is 1. The summed E-state index contributed by atoms with van der Waals surface area (Å²) >= 11 is 0. The van der Waals surface area contributed by atoms with Crippen molar-refractivity contribution in [3.8, 4) is 68.5 Å². The van der Waals surface area contributed by atoms with Crippen LogP contribution in [0.2, 0.25) is 0 Å². The fourth-order valence-corrected chi connectivity index (χ4v) is 5.39. The topological polar surface area (TPSA) is 158 Å². The molecule has 0 saturated carbocycles. The van der Waals surface area contributed by atoms with Crippen molar-refractivity contribution in [3.63, 3.8) is 0 Å². The van der Waals surface area contributed by atoms with E-state index in [2.05, 4.69) is 30.6 Å². The van der Waals surface area contributed by atoms with Gasteiger partial charge in [0.25, 0.3) is 5.89 Å². The van der Waals surface area contributed by atoms with Crippen molar-refractivity contribution >= 4 is 22.4 Å². The van der Waals surface area contributed by atoms with Crippen LogP contribution in [-0.4, -0.2) is 60.8 Å². The van der Waals surface area contributed by atoms with Gasteiger partial charge in [-0.05, 0) is 66.7 Å². The van der Waals surface area contributed by atoms with E-state index >= 15 is 0 Å². The molecule has 0 saturated heterocycles. The van der Waals surface area contributed by atoms with E-state index in [1.807, 2.05) is 66.7 Å². The molecule has 51 heavy (non-hydrogen) atoms. The summed E-state index contributed by atoms with van der Waals surface area (Å²) < 4.78 is 44.2. The first-order chi connectivity index (χ1) is 25.0. The van der Waals surface area contributed by atoms with Crippen LogP contribution in [0.1, 0.15) is 5.82 Å². The van der Waals surface area contributed by atoms with E-state index < -0.39 is 0 Å². The number of nitrogens with one attached hydrogen (secondary N) is 1. The van der Waals surface area contributed by atoms with E-state index in [0.717, 1.165) is 27.7 Å². The maximum Gasteiger partial charge on any atom is 0.258 e. The molecule has 0 aliphatic heterocycles. The van der Waals surface area contributed by atoms with Gasteiger partial charge in [0.05, 0.1) is 41.1 Å². The third-order valence-electron chi connectivity index (χ3n) is 7.98. The average molecular weight is 689 g/mol. The molecule has 0 radical (unpaired) electrons. The van der Waals surface area contributed by atoms with Crippen molar-refractivity contribution in [2.24, 2.45) is 0 Å². The van der Waals surface area contributed by atoms with E-state index in [-0.39, 0.29) is 12.5 Å². The first-order valence-electron chi connectivity index (χ1n) is 15.6. The fourth-order valence-electron chi connectivity index (χ4n) is 5.39. The van der Waals surface area contributed by atoms with Crippen molar-refractivity contribution in [1.82, 2.24) is 25.3 Å².